The molecule has 1 N–H and O–H groups in total. The monoisotopic (exact) mass is 329 g/mol. The molecule has 1 aromatic heterocycles. The van der Waals surface area contributed by atoms with Crippen molar-refractivity contribution in [3.05, 3.63) is 35.2 Å². The number of amides is 1. The molecule has 4 nitrogen and oxygen atoms in total. The average Bonchev–Trinajstić information content (AvgIpc) is 2.98. The summed E-state index contributed by atoms with van der Waals surface area (Å²) >= 11 is 1.48. The second-order valence-electron chi connectivity index (χ2n) is 6.41. The molecule has 0 unspecified atom stereocenters. The molecule has 23 heavy (non-hydrogen) atoms. The zero-order valence-corrected chi connectivity index (χ0v) is 14.5. The van der Waals surface area contributed by atoms with Gasteiger partial charge in [-0.25, -0.2) is 4.98 Å². The fourth-order valence-corrected chi connectivity index (χ4v) is 3.51. The molecule has 1 amide bonds. The molecule has 0 radical (unpaired) electrons. The number of piperidine rings is 1. The van der Waals surface area contributed by atoms with Crippen molar-refractivity contribution < 1.29 is 4.79 Å². The van der Waals surface area contributed by atoms with Gasteiger partial charge < -0.3 is 5.32 Å². The molecule has 0 saturated carbocycles. The number of thiazole rings is 1. The van der Waals surface area contributed by atoms with E-state index in [9.17, 15) is 4.79 Å². The normalized spacial score (nSPS) is 16.4. The van der Waals surface area contributed by atoms with E-state index in [1.807, 2.05) is 5.38 Å². The maximum atomic E-state index is 12.2. The van der Waals surface area contributed by atoms with Crippen LogP contribution >= 0.6 is 11.3 Å². The Morgan fingerprint density at radius 2 is 2.00 bits per heavy atom. The first kappa shape index (κ1) is 16.1. The summed E-state index contributed by atoms with van der Waals surface area (Å²) in [6.45, 7) is 6.84. The Labute approximate surface area is 141 Å². The third-order valence-electron chi connectivity index (χ3n) is 4.34. The lowest BCUT2D eigenvalue weighted by molar-refractivity contribution is -0.117. The molecule has 0 spiro atoms. The summed E-state index contributed by atoms with van der Waals surface area (Å²) in [7, 11) is 0. The molecule has 2 aromatic rings. The number of likely N-dealkylation sites (tertiary alicyclic amines) is 1. The number of carbonyl (C=O) groups excluding carboxylic acids is 1. The van der Waals surface area contributed by atoms with Gasteiger partial charge in [0.25, 0.3) is 0 Å². The van der Waals surface area contributed by atoms with Gasteiger partial charge in [0.05, 0.1) is 12.2 Å². The highest BCUT2D eigenvalue weighted by atomic mass is 32.1. The standard InChI is InChI=1S/C18H23N3OS/c1-13-3-5-15(6-4-13)16-12-23-18(19-16)20-17(22)11-21-9-7-14(2)8-10-21/h3-6,12,14H,7-11H2,1-2H3,(H,19,20,22). The molecule has 0 atom stereocenters. The summed E-state index contributed by atoms with van der Waals surface area (Å²) in [5, 5.41) is 5.59. The lowest BCUT2D eigenvalue weighted by Crippen LogP contribution is -2.38. The molecule has 5 heteroatoms. The Hall–Kier alpha value is -1.72. The first-order chi connectivity index (χ1) is 11.1. The fourth-order valence-electron chi connectivity index (χ4n) is 2.77. The molecule has 1 aliphatic heterocycles. The second kappa shape index (κ2) is 7.23. The third kappa shape index (κ3) is 4.39. The largest absolute Gasteiger partial charge is 0.301 e. The number of benzene rings is 1. The van der Waals surface area contributed by atoms with Gasteiger partial charge in [0, 0.05) is 10.9 Å². The first-order valence-corrected chi connectivity index (χ1v) is 9.03. The molecule has 0 bridgehead atoms. The summed E-state index contributed by atoms with van der Waals surface area (Å²) in [6, 6.07) is 8.27. The van der Waals surface area contributed by atoms with Gasteiger partial charge in [0.15, 0.2) is 5.13 Å². The Bertz CT molecular complexity index is 657. The Morgan fingerprint density at radius 3 is 2.70 bits per heavy atom. The van der Waals surface area contributed by atoms with E-state index in [-0.39, 0.29) is 5.91 Å². The summed E-state index contributed by atoms with van der Waals surface area (Å²) in [6.07, 6.45) is 2.37. The minimum absolute atomic E-state index is 0.0318. The topological polar surface area (TPSA) is 45.2 Å². The van der Waals surface area contributed by atoms with Crippen LogP contribution in [0.3, 0.4) is 0 Å². The maximum Gasteiger partial charge on any atom is 0.240 e. The van der Waals surface area contributed by atoms with E-state index in [0.717, 1.165) is 30.3 Å². The van der Waals surface area contributed by atoms with Crippen molar-refractivity contribution in [3.63, 3.8) is 0 Å². The van der Waals surface area contributed by atoms with Crippen LogP contribution in [0.25, 0.3) is 11.3 Å². The number of aryl methyl sites for hydroxylation is 1. The van der Waals surface area contributed by atoms with Crippen molar-refractivity contribution in [2.24, 2.45) is 5.92 Å². The number of carbonyl (C=O) groups is 1. The number of hydrogen-bond acceptors (Lipinski definition) is 4. The molecular formula is C18H23N3OS. The van der Waals surface area contributed by atoms with E-state index in [1.165, 1.54) is 29.7 Å². The van der Waals surface area contributed by atoms with Crippen molar-refractivity contribution in [1.82, 2.24) is 9.88 Å². The predicted molar refractivity (Wildman–Crippen MR) is 95.8 cm³/mol. The van der Waals surface area contributed by atoms with Crippen LogP contribution in [0.4, 0.5) is 5.13 Å². The molecule has 122 valence electrons. The molecule has 2 heterocycles. The highest BCUT2D eigenvalue weighted by Gasteiger charge is 2.18. The lowest BCUT2D eigenvalue weighted by atomic mass is 9.99. The van der Waals surface area contributed by atoms with Gasteiger partial charge in [-0.2, -0.15) is 0 Å². The van der Waals surface area contributed by atoms with Crippen molar-refractivity contribution in [2.75, 3.05) is 25.0 Å². The van der Waals surface area contributed by atoms with Gasteiger partial charge in [-0.05, 0) is 38.8 Å². The van der Waals surface area contributed by atoms with Gasteiger partial charge in [-0.1, -0.05) is 36.8 Å². The zero-order valence-electron chi connectivity index (χ0n) is 13.7. The molecule has 3 rings (SSSR count). The molecule has 1 aliphatic rings. The van der Waals surface area contributed by atoms with Crippen molar-refractivity contribution in [2.45, 2.75) is 26.7 Å². The fraction of sp³-hybridized carbons (Fsp3) is 0.444. The number of rotatable bonds is 4. The summed E-state index contributed by atoms with van der Waals surface area (Å²) in [4.78, 5) is 18.9. The first-order valence-electron chi connectivity index (χ1n) is 8.15. The minimum atomic E-state index is 0.0318. The number of nitrogens with zero attached hydrogens (tertiary/aromatic N) is 2. The van der Waals surface area contributed by atoms with Crippen LogP contribution in [0.1, 0.15) is 25.3 Å². The second-order valence-corrected chi connectivity index (χ2v) is 7.27. The van der Waals surface area contributed by atoms with E-state index in [4.69, 9.17) is 0 Å². The maximum absolute atomic E-state index is 12.2. The SMILES string of the molecule is Cc1ccc(-c2csc(NC(=O)CN3CCC(C)CC3)n2)cc1. The third-order valence-corrected chi connectivity index (χ3v) is 5.10. The van der Waals surface area contributed by atoms with Crippen molar-refractivity contribution in [3.8, 4) is 11.3 Å². The Morgan fingerprint density at radius 1 is 1.30 bits per heavy atom. The van der Waals surface area contributed by atoms with Crippen LogP contribution in [0, 0.1) is 12.8 Å². The van der Waals surface area contributed by atoms with E-state index >= 15 is 0 Å². The Balaban J connectivity index is 1.56. The van der Waals surface area contributed by atoms with Gasteiger partial charge in [0.1, 0.15) is 0 Å². The molecule has 1 aromatic carbocycles. The van der Waals surface area contributed by atoms with E-state index in [2.05, 4.69) is 53.3 Å². The lowest BCUT2D eigenvalue weighted by Gasteiger charge is -2.29. The molecule has 1 fully saturated rings. The van der Waals surface area contributed by atoms with Crippen molar-refractivity contribution in [1.29, 1.82) is 0 Å². The molecule has 1 saturated heterocycles. The minimum Gasteiger partial charge on any atom is -0.301 e. The molecular weight excluding hydrogens is 306 g/mol. The summed E-state index contributed by atoms with van der Waals surface area (Å²) in [5.74, 6) is 0.815. The highest BCUT2D eigenvalue weighted by Crippen LogP contribution is 2.25. The zero-order chi connectivity index (χ0) is 16.2. The van der Waals surface area contributed by atoms with Gasteiger partial charge in [-0.15, -0.1) is 11.3 Å². The van der Waals surface area contributed by atoms with E-state index < -0.39 is 0 Å². The van der Waals surface area contributed by atoms with E-state index in [0.29, 0.717) is 11.7 Å². The molecule has 0 aliphatic carbocycles. The van der Waals surface area contributed by atoms with Crippen LogP contribution in [-0.4, -0.2) is 35.4 Å². The smallest absolute Gasteiger partial charge is 0.240 e. The number of hydrogen-bond donors (Lipinski definition) is 1. The summed E-state index contributed by atoms with van der Waals surface area (Å²) in [5.41, 5.74) is 3.22. The van der Waals surface area contributed by atoms with E-state index in [1.54, 1.807) is 0 Å². The van der Waals surface area contributed by atoms with Crippen LogP contribution in [-0.2, 0) is 4.79 Å². The van der Waals surface area contributed by atoms with Crippen LogP contribution in [0.5, 0.6) is 0 Å². The Kier molecular flexibility index (Phi) is 5.08. The predicted octanol–water partition coefficient (Wildman–Crippen LogP) is 3.79. The average molecular weight is 329 g/mol. The van der Waals surface area contributed by atoms with Gasteiger partial charge in [0.2, 0.25) is 5.91 Å². The highest BCUT2D eigenvalue weighted by molar-refractivity contribution is 7.14. The van der Waals surface area contributed by atoms with Gasteiger partial charge >= 0.3 is 0 Å². The summed E-state index contributed by atoms with van der Waals surface area (Å²) < 4.78 is 0. The van der Waals surface area contributed by atoms with Crippen LogP contribution < -0.4 is 5.32 Å². The number of anilines is 1. The van der Waals surface area contributed by atoms with Gasteiger partial charge in [-0.3, -0.25) is 9.69 Å². The van der Waals surface area contributed by atoms with Crippen molar-refractivity contribution >= 4 is 22.4 Å². The quantitative estimate of drug-likeness (QED) is 0.928. The van der Waals surface area contributed by atoms with Crippen LogP contribution in [0.2, 0.25) is 0 Å². The van der Waals surface area contributed by atoms with Crippen LogP contribution in [0.15, 0.2) is 29.6 Å². The number of aromatic nitrogens is 1. The number of nitrogens with one attached hydrogen (secondary N) is 1.